The Kier molecular flexibility index (Phi) is 3.56. The molecule has 1 aliphatic carbocycles. The lowest BCUT2D eigenvalue weighted by atomic mass is 10.00. The van der Waals surface area contributed by atoms with Crippen molar-refractivity contribution in [3.8, 4) is 0 Å². The summed E-state index contributed by atoms with van der Waals surface area (Å²) in [6.45, 7) is 0.297. The molecule has 1 fully saturated rings. The summed E-state index contributed by atoms with van der Waals surface area (Å²) in [7, 11) is 0. The van der Waals surface area contributed by atoms with E-state index in [2.05, 4.69) is 10.3 Å². The van der Waals surface area contributed by atoms with Crippen molar-refractivity contribution in [2.45, 2.75) is 31.7 Å². The Morgan fingerprint density at radius 3 is 3.07 bits per heavy atom. The van der Waals surface area contributed by atoms with E-state index < -0.39 is 0 Å². The first-order valence-corrected chi connectivity index (χ1v) is 5.68. The number of aliphatic hydroxyl groups excluding tert-OH is 1. The minimum Gasteiger partial charge on any atom is -0.396 e. The smallest absolute Gasteiger partial charge is 0.126 e. The zero-order chi connectivity index (χ0) is 10.5. The van der Waals surface area contributed by atoms with Gasteiger partial charge in [0.2, 0.25) is 0 Å². The lowest BCUT2D eigenvalue weighted by Gasteiger charge is -2.20. The van der Waals surface area contributed by atoms with Crippen molar-refractivity contribution in [3.05, 3.63) is 24.4 Å². The normalized spacial score (nSPS) is 25.4. The maximum Gasteiger partial charge on any atom is 0.126 e. The second kappa shape index (κ2) is 5.12. The first-order valence-electron chi connectivity index (χ1n) is 5.68. The molecule has 2 rings (SSSR count). The Labute approximate surface area is 90.5 Å². The molecule has 3 nitrogen and oxygen atoms in total. The SMILES string of the molecule is OCCC1CCCC1Nc1ccccn1. The third kappa shape index (κ3) is 2.69. The molecule has 3 heteroatoms. The molecule has 15 heavy (non-hydrogen) atoms. The van der Waals surface area contributed by atoms with Gasteiger partial charge < -0.3 is 10.4 Å². The zero-order valence-electron chi connectivity index (χ0n) is 8.89. The summed E-state index contributed by atoms with van der Waals surface area (Å²) >= 11 is 0. The van der Waals surface area contributed by atoms with Crippen molar-refractivity contribution in [2.24, 2.45) is 5.92 Å². The summed E-state index contributed by atoms with van der Waals surface area (Å²) in [6.07, 6.45) is 6.39. The fourth-order valence-electron chi connectivity index (χ4n) is 2.38. The first-order chi connectivity index (χ1) is 7.40. The molecule has 0 radical (unpaired) electrons. The van der Waals surface area contributed by atoms with Gasteiger partial charge in [-0.3, -0.25) is 0 Å². The molecule has 82 valence electrons. The molecule has 2 atom stereocenters. The number of aliphatic hydroxyl groups is 1. The molecule has 0 aromatic carbocycles. The summed E-state index contributed by atoms with van der Waals surface area (Å²) < 4.78 is 0. The van der Waals surface area contributed by atoms with E-state index in [0.717, 1.165) is 12.2 Å². The Morgan fingerprint density at radius 2 is 2.33 bits per heavy atom. The third-order valence-electron chi connectivity index (χ3n) is 3.16. The highest BCUT2D eigenvalue weighted by atomic mass is 16.3. The van der Waals surface area contributed by atoms with Gasteiger partial charge in [0.15, 0.2) is 0 Å². The Balaban J connectivity index is 1.93. The van der Waals surface area contributed by atoms with Crippen molar-refractivity contribution in [1.82, 2.24) is 4.98 Å². The summed E-state index contributed by atoms with van der Waals surface area (Å²) in [4.78, 5) is 4.26. The van der Waals surface area contributed by atoms with Crippen LogP contribution in [0.1, 0.15) is 25.7 Å². The highest BCUT2D eigenvalue weighted by Gasteiger charge is 2.26. The molecule has 1 aliphatic rings. The van der Waals surface area contributed by atoms with Crippen LogP contribution in [0.2, 0.25) is 0 Å². The number of rotatable bonds is 4. The molecule has 1 heterocycles. The monoisotopic (exact) mass is 206 g/mol. The summed E-state index contributed by atoms with van der Waals surface area (Å²) in [5, 5.41) is 12.4. The maximum atomic E-state index is 8.97. The lowest BCUT2D eigenvalue weighted by molar-refractivity contribution is 0.254. The second-order valence-electron chi connectivity index (χ2n) is 4.17. The standard InChI is InChI=1S/C12H18N2O/c15-9-7-10-4-3-5-11(10)14-12-6-1-2-8-13-12/h1-2,6,8,10-11,15H,3-5,7,9H2,(H,13,14). The fourth-order valence-corrected chi connectivity index (χ4v) is 2.38. The number of hydrogen-bond donors (Lipinski definition) is 2. The molecular formula is C12H18N2O. The van der Waals surface area contributed by atoms with Gasteiger partial charge in [0.1, 0.15) is 5.82 Å². The van der Waals surface area contributed by atoms with Gasteiger partial charge in [0, 0.05) is 18.8 Å². The largest absolute Gasteiger partial charge is 0.396 e. The van der Waals surface area contributed by atoms with Gasteiger partial charge in [-0.1, -0.05) is 12.5 Å². The minimum atomic E-state index is 0.297. The quantitative estimate of drug-likeness (QED) is 0.792. The van der Waals surface area contributed by atoms with Gasteiger partial charge in [-0.15, -0.1) is 0 Å². The van der Waals surface area contributed by atoms with Crippen molar-refractivity contribution in [3.63, 3.8) is 0 Å². The molecule has 1 aromatic rings. The second-order valence-corrected chi connectivity index (χ2v) is 4.17. The van der Waals surface area contributed by atoms with Crippen molar-refractivity contribution in [1.29, 1.82) is 0 Å². The van der Waals surface area contributed by atoms with Crippen LogP contribution in [0.4, 0.5) is 5.82 Å². The zero-order valence-corrected chi connectivity index (χ0v) is 8.89. The van der Waals surface area contributed by atoms with Crippen molar-refractivity contribution < 1.29 is 5.11 Å². The van der Waals surface area contributed by atoms with Crippen LogP contribution in [0, 0.1) is 5.92 Å². The van der Waals surface area contributed by atoms with Crippen molar-refractivity contribution >= 4 is 5.82 Å². The molecule has 1 aromatic heterocycles. The molecule has 0 amide bonds. The average molecular weight is 206 g/mol. The van der Waals surface area contributed by atoms with Crippen LogP contribution < -0.4 is 5.32 Å². The van der Waals surface area contributed by atoms with E-state index in [1.54, 1.807) is 6.20 Å². The number of anilines is 1. The van der Waals surface area contributed by atoms with Gasteiger partial charge in [-0.2, -0.15) is 0 Å². The topological polar surface area (TPSA) is 45.1 Å². The molecule has 0 spiro atoms. The molecule has 2 N–H and O–H groups in total. The van der Waals surface area contributed by atoms with Crippen LogP contribution in [-0.2, 0) is 0 Å². The molecular weight excluding hydrogens is 188 g/mol. The van der Waals surface area contributed by atoms with Crippen molar-refractivity contribution in [2.75, 3.05) is 11.9 Å². The van der Waals surface area contributed by atoms with Gasteiger partial charge >= 0.3 is 0 Å². The Bertz CT molecular complexity index is 289. The number of nitrogens with zero attached hydrogens (tertiary/aromatic N) is 1. The van der Waals surface area contributed by atoms with Crippen LogP contribution in [0.3, 0.4) is 0 Å². The number of pyridine rings is 1. The Morgan fingerprint density at radius 1 is 1.40 bits per heavy atom. The van der Waals surface area contributed by atoms with E-state index in [0.29, 0.717) is 18.6 Å². The lowest BCUT2D eigenvalue weighted by Crippen LogP contribution is -2.25. The molecule has 0 bridgehead atoms. The van der Waals surface area contributed by atoms with Gasteiger partial charge in [0.05, 0.1) is 0 Å². The number of hydrogen-bond acceptors (Lipinski definition) is 3. The van der Waals surface area contributed by atoms with E-state index >= 15 is 0 Å². The van der Waals surface area contributed by atoms with E-state index in [4.69, 9.17) is 5.11 Å². The van der Waals surface area contributed by atoms with Crippen LogP contribution >= 0.6 is 0 Å². The number of nitrogens with one attached hydrogen (secondary N) is 1. The molecule has 1 saturated carbocycles. The highest BCUT2D eigenvalue weighted by Crippen LogP contribution is 2.30. The fraction of sp³-hybridized carbons (Fsp3) is 0.583. The van der Waals surface area contributed by atoms with E-state index in [1.165, 1.54) is 19.3 Å². The maximum absolute atomic E-state index is 8.97. The molecule has 2 unspecified atom stereocenters. The van der Waals surface area contributed by atoms with Crippen LogP contribution in [0.25, 0.3) is 0 Å². The highest BCUT2D eigenvalue weighted by molar-refractivity contribution is 5.35. The van der Waals surface area contributed by atoms with Gasteiger partial charge in [-0.05, 0) is 37.3 Å². The number of aromatic nitrogens is 1. The summed E-state index contributed by atoms with van der Waals surface area (Å²) in [5.74, 6) is 1.56. The molecule has 0 aliphatic heterocycles. The first kappa shape index (κ1) is 10.4. The summed E-state index contributed by atoms with van der Waals surface area (Å²) in [6, 6.07) is 6.40. The predicted molar refractivity (Wildman–Crippen MR) is 60.7 cm³/mol. The van der Waals surface area contributed by atoms with E-state index in [1.807, 2.05) is 18.2 Å². The van der Waals surface area contributed by atoms with Gasteiger partial charge in [-0.25, -0.2) is 4.98 Å². The van der Waals surface area contributed by atoms with E-state index in [9.17, 15) is 0 Å². The van der Waals surface area contributed by atoms with Gasteiger partial charge in [0.25, 0.3) is 0 Å². The van der Waals surface area contributed by atoms with Crippen LogP contribution in [0.5, 0.6) is 0 Å². The average Bonchev–Trinajstić information content (AvgIpc) is 2.68. The minimum absolute atomic E-state index is 0.297. The Hall–Kier alpha value is -1.09. The predicted octanol–water partition coefficient (Wildman–Crippen LogP) is 2.04. The van der Waals surface area contributed by atoms with E-state index in [-0.39, 0.29) is 0 Å². The van der Waals surface area contributed by atoms with Crippen LogP contribution in [0.15, 0.2) is 24.4 Å². The third-order valence-corrected chi connectivity index (χ3v) is 3.16. The van der Waals surface area contributed by atoms with Crippen LogP contribution in [-0.4, -0.2) is 22.7 Å². The molecule has 0 saturated heterocycles. The summed E-state index contributed by atoms with van der Waals surface area (Å²) in [5.41, 5.74) is 0.